The number of carboxylic acids is 1. The van der Waals surface area contributed by atoms with E-state index >= 15 is 0 Å². The molecule has 92 valence electrons. The third-order valence-corrected chi connectivity index (χ3v) is 2.92. The van der Waals surface area contributed by atoms with Crippen LogP contribution < -0.4 is 10.9 Å². The number of carbonyl (C=O) groups is 2. The second kappa shape index (κ2) is 5.28. The molecule has 1 heterocycles. The molecule has 0 radical (unpaired) electrons. The van der Waals surface area contributed by atoms with Gasteiger partial charge in [-0.15, -0.1) is 0 Å². The Morgan fingerprint density at radius 1 is 1.28 bits per heavy atom. The second-order valence-electron chi connectivity index (χ2n) is 3.27. The number of hydrogen-bond donors (Lipinski definition) is 3. The number of fused-ring (bicyclic) bond motifs is 1. The summed E-state index contributed by atoms with van der Waals surface area (Å²) in [4.78, 5) is 25.6. The number of amides is 1. The van der Waals surface area contributed by atoms with E-state index in [0.717, 1.165) is 22.4 Å². The van der Waals surface area contributed by atoms with E-state index in [1.54, 1.807) is 0 Å². The van der Waals surface area contributed by atoms with E-state index in [0.29, 0.717) is 5.13 Å². The van der Waals surface area contributed by atoms with Crippen LogP contribution in [0.4, 0.5) is 5.13 Å². The normalized spacial score (nSPS) is 10.7. The number of rotatable bonds is 4. The van der Waals surface area contributed by atoms with Gasteiger partial charge < -0.3 is 5.11 Å². The molecule has 0 aliphatic heterocycles. The van der Waals surface area contributed by atoms with Gasteiger partial charge in [-0.1, -0.05) is 23.5 Å². The maximum atomic E-state index is 11.2. The lowest BCUT2D eigenvalue weighted by Crippen LogP contribution is -2.27. The lowest BCUT2D eigenvalue weighted by Gasteiger charge is -2.00. The number of para-hydroxylation sites is 1. The van der Waals surface area contributed by atoms with Gasteiger partial charge in [0.25, 0.3) is 5.91 Å². The Bertz CT molecular complexity index is 588. The molecule has 0 spiro atoms. The molecule has 18 heavy (non-hydrogen) atoms. The van der Waals surface area contributed by atoms with Crippen LogP contribution in [0.1, 0.15) is 0 Å². The van der Waals surface area contributed by atoms with Gasteiger partial charge in [-0.3, -0.25) is 15.6 Å². The van der Waals surface area contributed by atoms with Crippen LogP contribution in [-0.4, -0.2) is 22.0 Å². The molecule has 2 aromatic rings. The summed E-state index contributed by atoms with van der Waals surface area (Å²) >= 11 is 1.39. The van der Waals surface area contributed by atoms with Gasteiger partial charge in [-0.25, -0.2) is 9.78 Å². The summed E-state index contributed by atoms with van der Waals surface area (Å²) in [6, 6.07) is 7.56. The third kappa shape index (κ3) is 3.05. The van der Waals surface area contributed by atoms with Crippen LogP contribution in [0.15, 0.2) is 36.4 Å². The zero-order valence-corrected chi connectivity index (χ0v) is 9.90. The van der Waals surface area contributed by atoms with Crippen LogP contribution in [0.3, 0.4) is 0 Å². The molecule has 2 rings (SSSR count). The Kier molecular flexibility index (Phi) is 3.54. The van der Waals surface area contributed by atoms with Gasteiger partial charge in [0.2, 0.25) is 5.13 Å². The van der Waals surface area contributed by atoms with E-state index in [-0.39, 0.29) is 0 Å². The first-order chi connectivity index (χ1) is 8.65. The van der Waals surface area contributed by atoms with E-state index in [2.05, 4.69) is 15.8 Å². The zero-order chi connectivity index (χ0) is 13.0. The molecule has 7 heteroatoms. The third-order valence-electron chi connectivity index (χ3n) is 1.96. The van der Waals surface area contributed by atoms with E-state index in [4.69, 9.17) is 5.11 Å². The number of thiazole rings is 1. The first kappa shape index (κ1) is 12.1. The van der Waals surface area contributed by atoms with Crippen molar-refractivity contribution in [3.8, 4) is 0 Å². The van der Waals surface area contributed by atoms with Crippen molar-refractivity contribution in [2.45, 2.75) is 0 Å². The number of hydrazine groups is 1. The van der Waals surface area contributed by atoms with Gasteiger partial charge in [-0.2, -0.15) is 0 Å². The first-order valence-corrected chi connectivity index (χ1v) is 5.79. The van der Waals surface area contributed by atoms with E-state index in [1.807, 2.05) is 24.3 Å². The number of anilines is 1. The number of carbonyl (C=O) groups excluding carboxylic acids is 1. The van der Waals surface area contributed by atoms with Crippen LogP contribution >= 0.6 is 11.3 Å². The van der Waals surface area contributed by atoms with Gasteiger partial charge >= 0.3 is 5.97 Å². The molecule has 1 amide bonds. The van der Waals surface area contributed by atoms with Gasteiger partial charge in [0.1, 0.15) is 0 Å². The van der Waals surface area contributed by atoms with Crippen LogP contribution in [0, 0.1) is 0 Å². The monoisotopic (exact) mass is 263 g/mol. The zero-order valence-electron chi connectivity index (χ0n) is 9.08. The number of aliphatic carboxylic acids is 1. The first-order valence-electron chi connectivity index (χ1n) is 4.98. The lowest BCUT2D eigenvalue weighted by molar-refractivity contribution is -0.131. The summed E-state index contributed by atoms with van der Waals surface area (Å²) in [7, 11) is 0. The number of nitrogens with one attached hydrogen (secondary N) is 2. The number of nitrogens with zero attached hydrogens (tertiary/aromatic N) is 1. The minimum absolute atomic E-state index is 0.535. The second-order valence-corrected chi connectivity index (χ2v) is 4.30. The van der Waals surface area contributed by atoms with E-state index < -0.39 is 11.9 Å². The molecular formula is C11H9N3O3S. The highest BCUT2D eigenvalue weighted by Gasteiger charge is 2.03. The molecule has 0 fully saturated rings. The van der Waals surface area contributed by atoms with Gasteiger partial charge in [0.05, 0.1) is 10.2 Å². The van der Waals surface area contributed by atoms with Crippen LogP contribution in [0.25, 0.3) is 10.2 Å². The highest BCUT2D eigenvalue weighted by Crippen LogP contribution is 2.24. The fraction of sp³-hybridized carbons (Fsp3) is 0. The molecule has 0 saturated heterocycles. The molecule has 3 N–H and O–H groups in total. The Hall–Kier alpha value is -2.41. The van der Waals surface area contributed by atoms with Crippen LogP contribution in [0.2, 0.25) is 0 Å². The highest BCUT2D eigenvalue weighted by molar-refractivity contribution is 7.22. The fourth-order valence-electron chi connectivity index (χ4n) is 1.23. The topological polar surface area (TPSA) is 91.3 Å². The summed E-state index contributed by atoms with van der Waals surface area (Å²) in [5.74, 6) is -1.73. The summed E-state index contributed by atoms with van der Waals surface area (Å²) in [6.45, 7) is 0. The van der Waals surface area contributed by atoms with Crippen molar-refractivity contribution in [2.24, 2.45) is 0 Å². The highest BCUT2D eigenvalue weighted by atomic mass is 32.1. The minimum atomic E-state index is -1.18. The van der Waals surface area contributed by atoms with E-state index in [1.165, 1.54) is 11.3 Å². The van der Waals surface area contributed by atoms with Crippen molar-refractivity contribution in [3.05, 3.63) is 36.4 Å². The standard InChI is InChI=1S/C11H9N3O3S/c15-9(5-6-10(16)17)13-14-11-12-7-3-1-2-4-8(7)18-11/h1-6H,(H,12,14)(H,13,15)(H,16,17)/b6-5+. The predicted octanol–water partition coefficient (Wildman–Crippen LogP) is 1.38. The molecule has 0 saturated carbocycles. The molecule has 0 aliphatic rings. The summed E-state index contributed by atoms with van der Waals surface area (Å²) in [5.41, 5.74) is 5.78. The van der Waals surface area contributed by atoms with Crippen molar-refractivity contribution in [2.75, 3.05) is 5.43 Å². The van der Waals surface area contributed by atoms with Crippen molar-refractivity contribution < 1.29 is 14.7 Å². The molecule has 0 aliphatic carbocycles. The Morgan fingerprint density at radius 3 is 2.78 bits per heavy atom. The molecule has 1 aromatic carbocycles. The largest absolute Gasteiger partial charge is 0.478 e. The Morgan fingerprint density at radius 2 is 2.06 bits per heavy atom. The average Bonchev–Trinajstić information content (AvgIpc) is 2.76. The Balaban J connectivity index is 1.98. The van der Waals surface area contributed by atoms with Gasteiger partial charge in [0, 0.05) is 12.2 Å². The molecule has 0 unspecified atom stereocenters. The number of carboxylic acid groups (broad SMARTS) is 1. The van der Waals surface area contributed by atoms with Crippen molar-refractivity contribution in [1.29, 1.82) is 0 Å². The summed E-state index contributed by atoms with van der Waals surface area (Å²) in [6.07, 6.45) is 1.68. The van der Waals surface area contributed by atoms with Gasteiger partial charge in [0.15, 0.2) is 0 Å². The molecular weight excluding hydrogens is 254 g/mol. The van der Waals surface area contributed by atoms with Crippen molar-refractivity contribution >= 4 is 38.6 Å². The molecule has 0 atom stereocenters. The molecule has 0 bridgehead atoms. The predicted molar refractivity (Wildman–Crippen MR) is 68.2 cm³/mol. The van der Waals surface area contributed by atoms with Crippen molar-refractivity contribution in [1.82, 2.24) is 10.4 Å². The summed E-state index contributed by atoms with van der Waals surface area (Å²) < 4.78 is 0.996. The maximum absolute atomic E-state index is 11.2. The average molecular weight is 263 g/mol. The number of benzene rings is 1. The SMILES string of the molecule is O=C(O)/C=C/C(=O)NNc1nc2ccccc2s1. The maximum Gasteiger partial charge on any atom is 0.328 e. The fourth-order valence-corrected chi connectivity index (χ4v) is 2.05. The van der Waals surface area contributed by atoms with Crippen LogP contribution in [-0.2, 0) is 9.59 Å². The number of hydrogen-bond acceptors (Lipinski definition) is 5. The van der Waals surface area contributed by atoms with E-state index in [9.17, 15) is 9.59 Å². The summed E-state index contributed by atoms with van der Waals surface area (Å²) in [5, 5.41) is 8.88. The quantitative estimate of drug-likeness (QED) is 0.572. The van der Waals surface area contributed by atoms with Crippen LogP contribution in [0.5, 0.6) is 0 Å². The number of aromatic nitrogens is 1. The Labute approximate surface area is 106 Å². The molecule has 1 aromatic heterocycles. The lowest BCUT2D eigenvalue weighted by atomic mass is 10.3. The smallest absolute Gasteiger partial charge is 0.328 e. The minimum Gasteiger partial charge on any atom is -0.478 e. The van der Waals surface area contributed by atoms with Gasteiger partial charge in [-0.05, 0) is 12.1 Å². The molecule has 6 nitrogen and oxygen atoms in total. The van der Waals surface area contributed by atoms with Crippen molar-refractivity contribution in [3.63, 3.8) is 0 Å².